The van der Waals surface area contributed by atoms with Crippen molar-refractivity contribution in [2.75, 3.05) is 101 Å². The average molecular weight is 1750 g/mol. The maximum Gasteiger partial charge on any atom is 0.268 e. The number of aryl methyl sites for hydroxylation is 1. The molecule has 2 aromatic carbocycles. The maximum absolute atomic E-state index is 13.0. The fraction of sp³-hybridized carbons (Fsp3) is 0.525. The monoisotopic (exact) mass is 1750 g/mol. The number of pyridine rings is 2. The Kier molecular flexibility index (Phi) is 27.9. The number of nitrogens with two attached hydrogens (primary N) is 4. The number of nitrogens with zero attached hydrogens (tertiary/aromatic N) is 13. The quantitative estimate of drug-likeness (QED) is 0.0883. The van der Waals surface area contributed by atoms with Crippen molar-refractivity contribution in [1.82, 2.24) is 43.5 Å². The van der Waals surface area contributed by atoms with Crippen LogP contribution in [0.25, 0.3) is 0 Å². The van der Waals surface area contributed by atoms with Crippen LogP contribution in [0.15, 0.2) is 150 Å². The number of ketones is 1. The van der Waals surface area contributed by atoms with Crippen molar-refractivity contribution in [2.45, 2.75) is 175 Å². The SMILES string of the molecule is COc1nccc(Sc2cnc(N3CCC4(CC3)CO[C@@H](C)[C@H]4N)n(C)c2=O)c1Cl.C[C@@H]1OCC2(CCN(C3=NC=C(Sc4cccc(Cl)c4Cl)C(=O)C3)CC2)[C@@H]1N.C[C@@H]1OCC2(CCN(c3ncc(Sc4cccc(Cl)c4Cl)c(=O)n3C)CC2)[C@@H]1N.Cc1ncccc1Sc1cnc(N2CCC3(CC2)CO[C@@H](C)[C@H]3N)n(C)c1=O. The molecule has 0 aliphatic carbocycles. The number of ether oxygens (including phenoxy) is 5. The fourth-order valence-corrected chi connectivity index (χ4v) is 21.6. The van der Waals surface area contributed by atoms with Crippen LogP contribution in [0.4, 0.5) is 17.8 Å². The molecule has 115 heavy (non-hydrogen) atoms. The van der Waals surface area contributed by atoms with Gasteiger partial charge in [0, 0.05) is 158 Å². The Morgan fingerprint density at radius 1 is 0.435 bits per heavy atom. The number of allylic oxidation sites excluding steroid dienone is 1. The lowest BCUT2D eigenvalue weighted by molar-refractivity contribution is -0.114. The van der Waals surface area contributed by atoms with Gasteiger partial charge in [-0.1, -0.05) is 117 Å². The van der Waals surface area contributed by atoms with Gasteiger partial charge in [0.25, 0.3) is 16.7 Å². The largest absolute Gasteiger partial charge is 0.480 e. The first-order chi connectivity index (χ1) is 55.0. The van der Waals surface area contributed by atoms with Crippen molar-refractivity contribution in [1.29, 1.82) is 0 Å². The van der Waals surface area contributed by atoms with Gasteiger partial charge >= 0.3 is 0 Å². The molecular formula is C80H100Cl5N17O9S4. The maximum atomic E-state index is 13.0. The van der Waals surface area contributed by atoms with Crippen molar-refractivity contribution in [3.8, 4) is 5.88 Å². The Bertz CT molecular complexity index is 4960. The summed E-state index contributed by atoms with van der Waals surface area (Å²) in [6, 6.07) is 16.6. The van der Waals surface area contributed by atoms with Crippen LogP contribution in [0, 0.1) is 28.6 Å². The topological polar surface area (TPSA) is 323 Å². The van der Waals surface area contributed by atoms with E-state index in [4.69, 9.17) is 105 Å². The molecule has 9 aliphatic heterocycles. The van der Waals surface area contributed by atoms with Crippen LogP contribution >= 0.6 is 105 Å². The molecule has 8 fully saturated rings. The van der Waals surface area contributed by atoms with E-state index in [0.717, 1.165) is 143 Å². The van der Waals surface area contributed by atoms with Crippen LogP contribution in [0.1, 0.15) is 91.2 Å². The molecule has 9 aliphatic rings. The fourth-order valence-electron chi connectivity index (χ4n) is 16.8. The van der Waals surface area contributed by atoms with Gasteiger partial charge in [-0.25, -0.2) is 24.9 Å². The minimum atomic E-state index is -0.119. The van der Waals surface area contributed by atoms with Gasteiger partial charge in [-0.3, -0.25) is 37.9 Å². The van der Waals surface area contributed by atoms with Crippen molar-refractivity contribution < 1.29 is 28.5 Å². The van der Waals surface area contributed by atoms with Crippen LogP contribution in [0.3, 0.4) is 0 Å². The van der Waals surface area contributed by atoms with E-state index >= 15 is 0 Å². The van der Waals surface area contributed by atoms with E-state index in [9.17, 15) is 19.2 Å². The number of piperidine rings is 4. The number of carbonyl (C=O) groups excluding carboxylic acids is 1. The molecular weight excluding hydrogens is 1650 g/mol. The number of rotatable bonds is 12. The normalized spacial score (nSPS) is 24.5. The molecule has 0 bridgehead atoms. The van der Waals surface area contributed by atoms with Gasteiger partial charge in [-0.2, -0.15) is 0 Å². The van der Waals surface area contributed by atoms with E-state index in [0.29, 0.717) is 93.0 Å². The summed E-state index contributed by atoms with van der Waals surface area (Å²) in [6.07, 6.45) is 18.2. The lowest BCUT2D eigenvalue weighted by Gasteiger charge is -2.42. The number of aromatic nitrogens is 8. The van der Waals surface area contributed by atoms with Gasteiger partial charge in [0.05, 0.1) is 128 Å². The van der Waals surface area contributed by atoms with Gasteiger partial charge in [-0.15, -0.1) is 0 Å². The van der Waals surface area contributed by atoms with E-state index in [1.54, 1.807) is 90.2 Å². The zero-order valence-corrected chi connectivity index (χ0v) is 73.0. The summed E-state index contributed by atoms with van der Waals surface area (Å²) < 4.78 is 33.2. The Balaban J connectivity index is 0.000000134. The minimum absolute atomic E-state index is 0.0295. The number of thioether (sulfide) groups is 1. The summed E-state index contributed by atoms with van der Waals surface area (Å²) in [4.78, 5) is 92.3. The van der Waals surface area contributed by atoms with Gasteiger partial charge in [0.1, 0.15) is 10.9 Å². The number of carbonyl (C=O) groups is 1. The van der Waals surface area contributed by atoms with Gasteiger partial charge in [0.15, 0.2) is 5.78 Å². The van der Waals surface area contributed by atoms with E-state index in [2.05, 4.69) is 56.4 Å². The van der Waals surface area contributed by atoms with Gasteiger partial charge < -0.3 is 66.2 Å². The number of aliphatic imine (C=N–C) groups is 1. The smallest absolute Gasteiger partial charge is 0.268 e. The second-order valence-corrected chi connectivity index (χ2v) is 37.6. The van der Waals surface area contributed by atoms with E-state index in [1.165, 1.54) is 54.2 Å². The number of hydrogen-bond donors (Lipinski definition) is 4. The second kappa shape index (κ2) is 36.9. The molecule has 35 heteroatoms. The van der Waals surface area contributed by atoms with Crippen LogP contribution in [0.2, 0.25) is 25.1 Å². The predicted molar refractivity (Wildman–Crippen MR) is 458 cm³/mol. The molecule has 8 N–H and O–H groups in total. The number of benzene rings is 2. The number of halogens is 5. The van der Waals surface area contributed by atoms with Crippen molar-refractivity contribution in [3.63, 3.8) is 0 Å². The third-order valence-corrected chi connectivity index (χ3v) is 31.3. The molecule has 0 unspecified atom stereocenters. The first kappa shape index (κ1) is 86.8. The highest BCUT2D eigenvalue weighted by atomic mass is 35.5. The molecule has 618 valence electrons. The van der Waals surface area contributed by atoms with Crippen LogP contribution in [-0.4, -0.2) is 190 Å². The minimum Gasteiger partial charge on any atom is -0.480 e. The van der Waals surface area contributed by atoms with Crippen LogP contribution in [-0.2, 0) is 44.9 Å². The van der Waals surface area contributed by atoms with Gasteiger partial charge in [0.2, 0.25) is 23.7 Å². The molecule has 8 atom stereocenters. The first-order valence-electron chi connectivity index (χ1n) is 38.7. The number of anilines is 3. The average Bonchev–Trinajstić information content (AvgIpc) is 1.68. The third-order valence-electron chi connectivity index (χ3n) is 24.6. The summed E-state index contributed by atoms with van der Waals surface area (Å²) in [5.41, 5.74) is 26.4. The zero-order valence-electron chi connectivity index (χ0n) is 65.9. The molecule has 16 rings (SSSR count). The Morgan fingerprint density at radius 2 is 0.783 bits per heavy atom. The van der Waals surface area contributed by atoms with Crippen molar-refractivity contribution in [3.05, 3.63) is 159 Å². The Labute approximate surface area is 712 Å². The molecule has 5 aromatic heterocycles. The summed E-state index contributed by atoms with van der Waals surface area (Å²) in [5.74, 6) is 3.27. The number of methoxy groups -OCH3 is 1. The highest BCUT2D eigenvalue weighted by Gasteiger charge is 2.52. The highest BCUT2D eigenvalue weighted by molar-refractivity contribution is 8.04. The second-order valence-electron chi connectivity index (χ2n) is 31.3. The van der Waals surface area contributed by atoms with Crippen molar-refractivity contribution >= 4 is 135 Å². The van der Waals surface area contributed by atoms with Gasteiger partial charge in [-0.05, 0) is 128 Å². The number of amidine groups is 1. The molecule has 0 amide bonds. The molecule has 14 heterocycles. The predicted octanol–water partition coefficient (Wildman–Crippen LogP) is 12.0. The zero-order chi connectivity index (χ0) is 82.0. The molecule has 26 nitrogen and oxygen atoms in total. The van der Waals surface area contributed by atoms with E-state index < -0.39 is 0 Å². The van der Waals surface area contributed by atoms with Crippen LogP contribution in [0.5, 0.6) is 5.88 Å². The summed E-state index contributed by atoms with van der Waals surface area (Å²) in [6.45, 7) is 19.6. The van der Waals surface area contributed by atoms with E-state index in [-0.39, 0.29) is 92.7 Å². The van der Waals surface area contributed by atoms with E-state index in [1.807, 2.05) is 64.1 Å². The van der Waals surface area contributed by atoms with Crippen molar-refractivity contribution in [2.24, 2.45) is 70.7 Å². The summed E-state index contributed by atoms with van der Waals surface area (Å²) in [7, 11) is 6.80. The molecule has 0 saturated carbocycles. The Morgan fingerprint density at radius 3 is 1.13 bits per heavy atom. The molecule has 8 saturated heterocycles. The lowest BCUT2D eigenvalue weighted by atomic mass is 9.73. The third kappa shape index (κ3) is 18.4. The number of Topliss-reactive ketones (excluding diaryl/α,β-unsaturated/α-hetero) is 1. The summed E-state index contributed by atoms with van der Waals surface area (Å²) >= 11 is 36.2. The molecule has 4 spiro atoms. The Hall–Kier alpha value is -6.01. The molecule has 0 radical (unpaired) electrons. The number of likely N-dealkylation sites (tertiary alicyclic amines) is 1. The lowest BCUT2D eigenvalue weighted by Crippen LogP contribution is -2.52. The molecule has 7 aromatic rings. The first-order valence-corrected chi connectivity index (χ1v) is 43.8. The highest BCUT2D eigenvalue weighted by Crippen LogP contribution is 2.48. The van der Waals surface area contributed by atoms with Crippen LogP contribution < -0.4 is 59.0 Å². The summed E-state index contributed by atoms with van der Waals surface area (Å²) in [5, 5.41) is 2.22. The standard InChI is InChI=1S/C20H24Cl2N4O2S.C20H23Cl2N3O2S.C20H26ClN5O3S.C20H27N5O2S/c1-12-17(23)20(11-28-12)6-8-26(9-7-20)19-24-10-15(18(27)25(19)2)29-14-5-3-4-13(21)16(14)22;1-12-19(23)20(11-27-12)5-7-25(8-6-20)17-9-14(26)16(10-24-17)28-15-4-2-3-13(21)18(15)22;1-12-16(22)20(11-29-12)5-8-26(9-6-20)19-24-10-14(18(27)25(19)2)30-13-4-7-23-17(28-3)15(13)21;1-13-15(5-4-8-22-13)28-16-11-23-19(24(3)18(16)26)25-9-6-20(7-10-25)12-27-14(2)17(20)21/h3-5,10,12,17H,6-9,11,23H2,1-2H3;2-4,10,12,19H,5-9,11,23H2,1H3;4,7,10,12,16H,5-6,8-9,11,22H2,1-3H3;4-5,8,11,14,17H,6-7,9-10,12,21H2,1-3H3/t12-,17+;12-,19+;12-,16+;14-,17+/m0000/s1. The number of hydrogen-bond acceptors (Lipinski definition) is 27.